The Labute approximate surface area is 253 Å². The van der Waals surface area contributed by atoms with Crippen LogP contribution in [0.4, 0.5) is 0 Å². The van der Waals surface area contributed by atoms with E-state index in [1.807, 2.05) is 19.9 Å². The Hall–Kier alpha value is -0.110. The van der Waals surface area contributed by atoms with Crippen molar-refractivity contribution in [2.45, 2.75) is 207 Å². The number of allylic oxidation sites excluding steroid dienone is 1. The van der Waals surface area contributed by atoms with Crippen LogP contribution in [0.2, 0.25) is 0 Å². The molecule has 0 spiro atoms. The zero-order chi connectivity index (χ0) is 29.2. The fraction of sp³-hybridized carbons (Fsp3) is 0.944. The first kappa shape index (κ1) is 39.9. The van der Waals surface area contributed by atoms with Crippen LogP contribution in [0.25, 0.3) is 0 Å². The zero-order valence-corrected chi connectivity index (χ0v) is 28.6. The first-order valence-corrected chi connectivity index (χ1v) is 19.9. The Morgan fingerprint density at radius 1 is 0.400 bits per heavy atom. The zero-order valence-electron chi connectivity index (χ0n) is 27.7. The molecule has 0 aliphatic heterocycles. The smallest absolute Gasteiger partial charge is 0.306 e. The van der Waals surface area contributed by atoms with Crippen molar-refractivity contribution in [1.29, 1.82) is 0 Å². The molecule has 0 unspecified atom stereocenters. The molecule has 0 N–H and O–H groups in total. The van der Waals surface area contributed by atoms with Gasteiger partial charge in [0.25, 0.3) is 0 Å². The average Bonchev–Trinajstić information content (AvgIpc) is 2.96. The summed E-state index contributed by atoms with van der Waals surface area (Å²) in [5, 5.41) is 0. The highest BCUT2D eigenvalue weighted by molar-refractivity contribution is 7.57. The molecule has 4 heteroatoms. The third kappa shape index (κ3) is 30.8. The minimum absolute atomic E-state index is 0.491. The Kier molecular flexibility index (Phi) is 33.3. The fourth-order valence-corrected chi connectivity index (χ4v) is 6.87. The Morgan fingerprint density at radius 3 is 0.950 bits per heavy atom. The van der Waals surface area contributed by atoms with Gasteiger partial charge >= 0.3 is 7.60 Å². The molecule has 0 atom stereocenters. The maximum absolute atomic E-state index is 12.6. The maximum Gasteiger partial charge on any atom is 0.353 e. The van der Waals surface area contributed by atoms with Crippen molar-refractivity contribution < 1.29 is 13.6 Å². The summed E-state index contributed by atoms with van der Waals surface area (Å²) in [7, 11) is -3.03. The lowest BCUT2D eigenvalue weighted by atomic mass is 10.0. The Balaban J connectivity index is 3.29. The Bertz CT molecular complexity index is 536. The van der Waals surface area contributed by atoms with Crippen molar-refractivity contribution in [2.24, 2.45) is 0 Å². The lowest BCUT2D eigenvalue weighted by Gasteiger charge is -2.14. The predicted octanol–water partition coefficient (Wildman–Crippen LogP) is 14.1. The normalized spacial score (nSPS) is 12.2. The second-order valence-electron chi connectivity index (χ2n) is 12.2. The van der Waals surface area contributed by atoms with Crippen LogP contribution < -0.4 is 0 Å². The highest BCUT2D eigenvalue weighted by Crippen LogP contribution is 2.50. The second kappa shape index (κ2) is 33.4. The highest BCUT2D eigenvalue weighted by atomic mass is 31.2. The van der Waals surface area contributed by atoms with E-state index in [1.165, 1.54) is 161 Å². The summed E-state index contributed by atoms with van der Waals surface area (Å²) in [6.45, 7) is 7.33. The molecule has 0 rings (SSSR count). The summed E-state index contributed by atoms with van der Waals surface area (Å²) >= 11 is 0. The van der Waals surface area contributed by atoms with Gasteiger partial charge < -0.3 is 9.05 Å². The van der Waals surface area contributed by atoms with Gasteiger partial charge in [0, 0.05) is 5.82 Å². The summed E-state index contributed by atoms with van der Waals surface area (Å²) in [5.41, 5.74) is 0. The number of unbranched alkanes of at least 4 members (excludes halogenated alkanes) is 26. The van der Waals surface area contributed by atoms with Crippen molar-refractivity contribution in [3.8, 4) is 0 Å². The van der Waals surface area contributed by atoms with Gasteiger partial charge in [-0.3, -0.25) is 4.57 Å². The van der Waals surface area contributed by atoms with Gasteiger partial charge in [-0.1, -0.05) is 187 Å². The van der Waals surface area contributed by atoms with E-state index in [4.69, 9.17) is 9.05 Å². The van der Waals surface area contributed by atoms with E-state index in [0.717, 1.165) is 25.7 Å². The SMILES string of the molecule is CCCCCCCCCCCCCCCCCCCCCCCCCCCCC=CP(=O)(OCCC)OCCC. The van der Waals surface area contributed by atoms with E-state index < -0.39 is 7.60 Å². The van der Waals surface area contributed by atoms with Gasteiger partial charge in [-0.2, -0.15) is 0 Å². The molecule has 0 aromatic carbocycles. The third-order valence-electron chi connectivity index (χ3n) is 7.96. The molecule has 0 aliphatic rings. The number of hydrogen-bond donors (Lipinski definition) is 0. The van der Waals surface area contributed by atoms with Gasteiger partial charge in [-0.15, -0.1) is 0 Å². The average molecular weight is 585 g/mol. The lowest BCUT2D eigenvalue weighted by Crippen LogP contribution is -1.96. The van der Waals surface area contributed by atoms with Crippen LogP contribution in [0.15, 0.2) is 11.9 Å². The van der Waals surface area contributed by atoms with E-state index in [1.54, 1.807) is 5.82 Å². The van der Waals surface area contributed by atoms with Gasteiger partial charge in [-0.05, 0) is 25.7 Å². The molecule has 0 aromatic rings. The molecular formula is C36H73O3P. The standard InChI is InChI=1S/C36H73O3P/c1-4-7-8-9-10-11-12-13-14-15-16-17-18-19-20-21-22-23-24-25-26-27-28-29-30-31-32-33-36-40(37,38-34-5-2)39-35-6-3/h33,36H,4-32,34-35H2,1-3H3. The summed E-state index contributed by atoms with van der Waals surface area (Å²) in [6, 6.07) is 0. The van der Waals surface area contributed by atoms with Gasteiger partial charge in [0.05, 0.1) is 13.2 Å². The van der Waals surface area contributed by atoms with E-state index in [-0.39, 0.29) is 0 Å². The monoisotopic (exact) mass is 585 g/mol. The molecule has 40 heavy (non-hydrogen) atoms. The van der Waals surface area contributed by atoms with Crippen LogP contribution in [-0.2, 0) is 13.6 Å². The van der Waals surface area contributed by atoms with Crippen LogP contribution in [0.3, 0.4) is 0 Å². The van der Waals surface area contributed by atoms with Crippen LogP contribution in [0, 0.1) is 0 Å². The van der Waals surface area contributed by atoms with Gasteiger partial charge in [0.2, 0.25) is 0 Å². The topological polar surface area (TPSA) is 35.5 Å². The van der Waals surface area contributed by atoms with Crippen molar-refractivity contribution in [3.63, 3.8) is 0 Å². The number of rotatable bonds is 34. The van der Waals surface area contributed by atoms with E-state index in [0.29, 0.717) is 13.2 Å². The molecule has 0 aromatic heterocycles. The molecule has 0 bridgehead atoms. The van der Waals surface area contributed by atoms with E-state index in [2.05, 4.69) is 6.92 Å². The number of hydrogen-bond acceptors (Lipinski definition) is 3. The van der Waals surface area contributed by atoms with Gasteiger partial charge in [0.1, 0.15) is 0 Å². The van der Waals surface area contributed by atoms with E-state index in [9.17, 15) is 4.57 Å². The molecule has 0 radical (unpaired) electrons. The quantitative estimate of drug-likeness (QED) is 0.0557. The van der Waals surface area contributed by atoms with Crippen molar-refractivity contribution in [3.05, 3.63) is 11.9 Å². The molecule has 0 fully saturated rings. The fourth-order valence-electron chi connectivity index (χ4n) is 5.34. The summed E-state index contributed by atoms with van der Waals surface area (Å²) < 4.78 is 23.6. The van der Waals surface area contributed by atoms with Gasteiger partial charge in [-0.25, -0.2) is 0 Å². The molecule has 240 valence electrons. The largest absolute Gasteiger partial charge is 0.353 e. The van der Waals surface area contributed by atoms with Crippen LogP contribution in [0.5, 0.6) is 0 Å². The van der Waals surface area contributed by atoms with Crippen molar-refractivity contribution in [2.75, 3.05) is 13.2 Å². The first-order valence-electron chi connectivity index (χ1n) is 18.2. The minimum atomic E-state index is -3.03. The first-order chi connectivity index (χ1) is 19.7. The molecular weight excluding hydrogens is 511 g/mol. The third-order valence-corrected chi connectivity index (χ3v) is 9.62. The summed E-state index contributed by atoms with van der Waals surface area (Å²) in [6.07, 6.45) is 41.7. The molecule has 0 saturated carbocycles. The second-order valence-corrected chi connectivity index (χ2v) is 14.1. The molecule has 3 nitrogen and oxygen atoms in total. The molecule has 0 saturated heterocycles. The van der Waals surface area contributed by atoms with Gasteiger partial charge in [0.15, 0.2) is 0 Å². The van der Waals surface area contributed by atoms with Crippen molar-refractivity contribution in [1.82, 2.24) is 0 Å². The summed E-state index contributed by atoms with van der Waals surface area (Å²) in [5.74, 6) is 1.69. The predicted molar refractivity (Wildman–Crippen MR) is 180 cm³/mol. The van der Waals surface area contributed by atoms with Crippen LogP contribution >= 0.6 is 7.60 Å². The highest BCUT2D eigenvalue weighted by Gasteiger charge is 2.19. The Morgan fingerprint density at radius 2 is 0.675 bits per heavy atom. The maximum atomic E-state index is 12.6. The molecule has 0 aliphatic carbocycles. The molecule has 0 heterocycles. The minimum Gasteiger partial charge on any atom is -0.306 e. The molecule has 0 amide bonds. The van der Waals surface area contributed by atoms with E-state index >= 15 is 0 Å². The van der Waals surface area contributed by atoms with Crippen LogP contribution in [0.1, 0.15) is 207 Å². The van der Waals surface area contributed by atoms with Crippen molar-refractivity contribution >= 4 is 7.60 Å². The lowest BCUT2D eigenvalue weighted by molar-refractivity contribution is 0.212. The summed E-state index contributed by atoms with van der Waals surface area (Å²) in [4.78, 5) is 0. The van der Waals surface area contributed by atoms with Crippen LogP contribution in [-0.4, -0.2) is 13.2 Å².